The summed E-state index contributed by atoms with van der Waals surface area (Å²) in [5.41, 5.74) is 2.37. The Morgan fingerprint density at radius 2 is 2.33 bits per heavy atom. The van der Waals surface area contributed by atoms with Crippen LogP contribution in [0.15, 0.2) is 22.6 Å². The highest BCUT2D eigenvalue weighted by atomic mass is 79.9. The third-order valence-electron chi connectivity index (χ3n) is 1.97. The van der Waals surface area contributed by atoms with Gasteiger partial charge in [-0.3, -0.25) is 4.79 Å². The summed E-state index contributed by atoms with van der Waals surface area (Å²) in [4.78, 5) is 15.3. The summed E-state index contributed by atoms with van der Waals surface area (Å²) in [6, 6.07) is 5.58. The summed E-state index contributed by atoms with van der Waals surface area (Å²) in [5.74, 6) is -0.335. The molecule has 0 bridgehead atoms. The van der Waals surface area contributed by atoms with Gasteiger partial charge in [-0.25, -0.2) is 4.98 Å². The number of carbonyl (C=O) groups is 1. The first kappa shape index (κ1) is 10.6. The molecule has 5 heteroatoms. The van der Waals surface area contributed by atoms with Crippen LogP contribution in [0.5, 0.6) is 0 Å². The van der Waals surface area contributed by atoms with Gasteiger partial charge >= 0.3 is 0 Å². The number of alkyl halides is 2. The van der Waals surface area contributed by atoms with Gasteiger partial charge in [-0.1, -0.05) is 22.0 Å². The fourth-order valence-corrected chi connectivity index (χ4v) is 1.70. The van der Waals surface area contributed by atoms with E-state index in [0.717, 1.165) is 10.9 Å². The predicted octanol–water partition coefficient (Wildman–Crippen LogP) is 3.14. The minimum absolute atomic E-state index is 0.0757. The number of ketones is 1. The van der Waals surface area contributed by atoms with E-state index in [4.69, 9.17) is 16.0 Å². The standard InChI is InChI=1S/C10H7BrClNO2/c11-4-6-1-2-9-7(3-6)13-10(15-9)8(14)5-12/h1-3H,4-5H2. The molecule has 1 heterocycles. The number of benzene rings is 1. The highest BCUT2D eigenvalue weighted by Crippen LogP contribution is 2.19. The molecule has 0 amide bonds. The van der Waals surface area contributed by atoms with Crippen molar-refractivity contribution in [1.82, 2.24) is 4.98 Å². The normalized spacial score (nSPS) is 10.8. The molecule has 2 aromatic rings. The minimum atomic E-state index is -0.298. The van der Waals surface area contributed by atoms with E-state index in [-0.39, 0.29) is 17.6 Å². The number of oxazole rings is 1. The van der Waals surface area contributed by atoms with Gasteiger partial charge in [0, 0.05) is 5.33 Å². The van der Waals surface area contributed by atoms with Gasteiger partial charge in [0.25, 0.3) is 5.89 Å². The van der Waals surface area contributed by atoms with Crippen molar-refractivity contribution in [2.24, 2.45) is 0 Å². The summed E-state index contributed by atoms with van der Waals surface area (Å²) >= 11 is 8.76. The van der Waals surface area contributed by atoms with Crippen LogP contribution >= 0.6 is 27.5 Å². The predicted molar refractivity (Wildman–Crippen MR) is 61.7 cm³/mol. The number of carbonyl (C=O) groups excluding carboxylic acids is 1. The molecule has 2 rings (SSSR count). The van der Waals surface area contributed by atoms with Gasteiger partial charge in [-0.15, -0.1) is 11.6 Å². The van der Waals surface area contributed by atoms with E-state index in [1.807, 2.05) is 12.1 Å². The first-order valence-electron chi connectivity index (χ1n) is 4.29. The summed E-state index contributed by atoms with van der Waals surface area (Å²) in [5, 5.41) is 0.745. The molecular formula is C10H7BrClNO2. The largest absolute Gasteiger partial charge is 0.434 e. The number of Topliss-reactive ketones (excluding diaryl/α,β-unsaturated/α-hetero) is 1. The van der Waals surface area contributed by atoms with E-state index in [0.29, 0.717) is 11.1 Å². The molecule has 0 saturated carbocycles. The number of aromatic nitrogens is 1. The molecule has 78 valence electrons. The molecule has 15 heavy (non-hydrogen) atoms. The maximum atomic E-state index is 11.2. The first-order valence-corrected chi connectivity index (χ1v) is 5.95. The van der Waals surface area contributed by atoms with E-state index in [1.165, 1.54) is 0 Å². The molecule has 0 atom stereocenters. The molecule has 3 nitrogen and oxygen atoms in total. The van der Waals surface area contributed by atoms with Crippen LogP contribution in [0, 0.1) is 0 Å². The van der Waals surface area contributed by atoms with Gasteiger partial charge in [0.15, 0.2) is 5.58 Å². The van der Waals surface area contributed by atoms with Crippen molar-refractivity contribution < 1.29 is 9.21 Å². The Hall–Kier alpha value is -0.870. The Kier molecular flexibility index (Phi) is 3.07. The third-order valence-corrected chi connectivity index (χ3v) is 2.86. The Bertz CT molecular complexity index is 509. The number of fused-ring (bicyclic) bond motifs is 1. The highest BCUT2D eigenvalue weighted by molar-refractivity contribution is 9.08. The van der Waals surface area contributed by atoms with E-state index >= 15 is 0 Å². The van der Waals surface area contributed by atoms with Crippen molar-refractivity contribution in [3.05, 3.63) is 29.7 Å². The Morgan fingerprint density at radius 1 is 1.53 bits per heavy atom. The van der Waals surface area contributed by atoms with Crippen LogP contribution in [0.2, 0.25) is 0 Å². The molecule has 1 aromatic heterocycles. The number of rotatable bonds is 3. The number of hydrogen-bond donors (Lipinski definition) is 0. The maximum Gasteiger partial charge on any atom is 0.265 e. The zero-order valence-electron chi connectivity index (χ0n) is 7.67. The van der Waals surface area contributed by atoms with E-state index in [1.54, 1.807) is 6.07 Å². The van der Waals surface area contributed by atoms with Gasteiger partial charge in [0.2, 0.25) is 5.78 Å². The summed E-state index contributed by atoms with van der Waals surface area (Å²) in [7, 11) is 0. The molecular weight excluding hydrogens is 281 g/mol. The second kappa shape index (κ2) is 4.33. The van der Waals surface area contributed by atoms with Crippen LogP contribution in [0.1, 0.15) is 16.2 Å². The zero-order valence-corrected chi connectivity index (χ0v) is 10.0. The van der Waals surface area contributed by atoms with Gasteiger partial charge in [-0.2, -0.15) is 0 Å². The smallest absolute Gasteiger partial charge is 0.265 e. The molecule has 0 aliphatic heterocycles. The maximum absolute atomic E-state index is 11.2. The van der Waals surface area contributed by atoms with Gasteiger partial charge < -0.3 is 4.42 Å². The van der Waals surface area contributed by atoms with Gasteiger partial charge in [0.05, 0.1) is 5.88 Å². The summed E-state index contributed by atoms with van der Waals surface area (Å²) in [6.45, 7) is 0. The SMILES string of the molecule is O=C(CCl)c1nc2cc(CBr)ccc2o1. The number of nitrogens with zero attached hydrogens (tertiary/aromatic N) is 1. The second-order valence-electron chi connectivity index (χ2n) is 3.01. The lowest BCUT2D eigenvalue weighted by molar-refractivity contribution is 0.0986. The average Bonchev–Trinajstić information content (AvgIpc) is 2.70. The molecule has 0 N–H and O–H groups in total. The first-order chi connectivity index (χ1) is 7.24. The van der Waals surface area contributed by atoms with Crippen molar-refractivity contribution >= 4 is 44.4 Å². The molecule has 0 aliphatic rings. The molecule has 0 radical (unpaired) electrons. The van der Waals surface area contributed by atoms with Crippen molar-refractivity contribution in [2.45, 2.75) is 5.33 Å². The lowest BCUT2D eigenvalue weighted by atomic mass is 10.2. The lowest BCUT2D eigenvalue weighted by Crippen LogP contribution is -1.99. The van der Waals surface area contributed by atoms with Crippen LogP contribution in [0.3, 0.4) is 0 Å². The summed E-state index contributed by atoms with van der Waals surface area (Å²) < 4.78 is 5.26. The van der Waals surface area contributed by atoms with Crippen molar-refractivity contribution in [2.75, 3.05) is 5.88 Å². The van der Waals surface area contributed by atoms with Crippen LogP contribution in [0.4, 0.5) is 0 Å². The summed E-state index contributed by atoms with van der Waals surface area (Å²) in [6.07, 6.45) is 0. The Balaban J connectivity index is 2.51. The molecule has 1 aromatic carbocycles. The fraction of sp³-hybridized carbons (Fsp3) is 0.200. The van der Waals surface area contributed by atoms with Crippen LogP contribution < -0.4 is 0 Å². The molecule has 0 spiro atoms. The quantitative estimate of drug-likeness (QED) is 0.644. The number of halogens is 2. The molecule has 0 aliphatic carbocycles. The third kappa shape index (κ3) is 2.06. The fourth-order valence-electron chi connectivity index (χ4n) is 1.23. The molecule has 0 unspecified atom stereocenters. The topological polar surface area (TPSA) is 43.1 Å². The molecule has 0 fully saturated rings. The Labute approximate surface area is 99.6 Å². The van der Waals surface area contributed by atoms with Crippen LogP contribution in [-0.4, -0.2) is 16.6 Å². The van der Waals surface area contributed by atoms with Crippen LogP contribution in [0.25, 0.3) is 11.1 Å². The van der Waals surface area contributed by atoms with E-state index in [2.05, 4.69) is 20.9 Å². The second-order valence-corrected chi connectivity index (χ2v) is 3.84. The van der Waals surface area contributed by atoms with Gasteiger partial charge in [0.1, 0.15) is 5.52 Å². The van der Waals surface area contributed by atoms with Crippen molar-refractivity contribution in [1.29, 1.82) is 0 Å². The minimum Gasteiger partial charge on any atom is -0.434 e. The van der Waals surface area contributed by atoms with E-state index in [9.17, 15) is 4.79 Å². The van der Waals surface area contributed by atoms with Gasteiger partial charge in [-0.05, 0) is 17.7 Å². The zero-order chi connectivity index (χ0) is 10.8. The van der Waals surface area contributed by atoms with Crippen LogP contribution in [-0.2, 0) is 5.33 Å². The van der Waals surface area contributed by atoms with Crippen molar-refractivity contribution in [3.63, 3.8) is 0 Å². The Morgan fingerprint density at radius 3 is 3.00 bits per heavy atom. The number of hydrogen-bond acceptors (Lipinski definition) is 3. The van der Waals surface area contributed by atoms with E-state index < -0.39 is 0 Å². The average molecular weight is 289 g/mol. The molecule has 0 saturated heterocycles. The monoisotopic (exact) mass is 287 g/mol. The lowest BCUT2D eigenvalue weighted by Gasteiger charge is -1.91. The highest BCUT2D eigenvalue weighted by Gasteiger charge is 2.12. The van der Waals surface area contributed by atoms with Crippen molar-refractivity contribution in [3.8, 4) is 0 Å².